The van der Waals surface area contributed by atoms with E-state index in [0.29, 0.717) is 9.87 Å². The maximum absolute atomic E-state index is 13.2. The first-order chi connectivity index (χ1) is 21.4. The van der Waals surface area contributed by atoms with Gasteiger partial charge in [-0.2, -0.15) is 17.5 Å². The molecule has 15 heteroatoms. The maximum atomic E-state index is 13.2. The van der Waals surface area contributed by atoms with Gasteiger partial charge < -0.3 is 25.3 Å². The van der Waals surface area contributed by atoms with Crippen molar-refractivity contribution in [2.24, 2.45) is 11.7 Å². The number of piperidine rings is 1. The fourth-order valence-electron chi connectivity index (χ4n) is 5.74. The first-order valence-corrected chi connectivity index (χ1v) is 16.6. The quantitative estimate of drug-likeness (QED) is 0.340. The zero-order chi connectivity index (χ0) is 33.6. The topological polar surface area (TPSA) is 127 Å². The number of benzene rings is 2. The fourth-order valence-corrected chi connectivity index (χ4v) is 6.85. The summed E-state index contributed by atoms with van der Waals surface area (Å²) in [6.07, 6.45) is 1.83. The Morgan fingerprint density at radius 1 is 1.07 bits per heavy atom. The van der Waals surface area contributed by atoms with Gasteiger partial charge in [0, 0.05) is 67.0 Å². The number of hydrogen-bond acceptors (Lipinski definition) is 6. The molecule has 5 rings (SSSR count). The van der Waals surface area contributed by atoms with Crippen LogP contribution in [0, 0.1) is 5.92 Å². The van der Waals surface area contributed by atoms with Crippen LogP contribution in [0.3, 0.4) is 0 Å². The lowest BCUT2D eigenvalue weighted by molar-refractivity contribution is -0.129. The molecule has 10 nitrogen and oxygen atoms in total. The third-order valence-corrected chi connectivity index (χ3v) is 10.0. The third kappa shape index (κ3) is 7.00. The summed E-state index contributed by atoms with van der Waals surface area (Å²) in [5, 5.41) is 3.80. The summed E-state index contributed by atoms with van der Waals surface area (Å²) in [6, 6.07) is 12.9. The van der Waals surface area contributed by atoms with Crippen molar-refractivity contribution in [3.8, 4) is 11.1 Å². The summed E-state index contributed by atoms with van der Waals surface area (Å²) < 4.78 is 71.4. The molecule has 0 spiro atoms. The van der Waals surface area contributed by atoms with Crippen molar-refractivity contribution in [3.63, 3.8) is 0 Å². The second-order valence-electron chi connectivity index (χ2n) is 12.6. The van der Waals surface area contributed by atoms with E-state index in [2.05, 4.69) is 5.32 Å². The molecule has 248 valence electrons. The average Bonchev–Trinajstić information content (AvgIpc) is 3.33. The van der Waals surface area contributed by atoms with E-state index in [4.69, 9.17) is 22.7 Å². The molecule has 2 fully saturated rings. The lowest BCUT2D eigenvalue weighted by atomic mass is 9.99. The molecule has 3 heterocycles. The van der Waals surface area contributed by atoms with Gasteiger partial charge in [-0.1, -0.05) is 42.5 Å². The van der Waals surface area contributed by atoms with Gasteiger partial charge in [0.05, 0.1) is 5.92 Å². The van der Waals surface area contributed by atoms with E-state index >= 15 is 0 Å². The Kier molecular flexibility index (Phi) is 9.14. The number of halogens is 3. The molecule has 2 aromatic carbocycles. The number of carbonyl (C=O) groups excluding carboxylic acids is 2. The van der Waals surface area contributed by atoms with E-state index in [1.807, 2.05) is 47.2 Å². The van der Waals surface area contributed by atoms with Gasteiger partial charge in [-0.3, -0.25) is 4.79 Å². The molecule has 2 amide bonds. The fraction of sp³-hybridized carbons (Fsp3) is 0.452. The highest BCUT2D eigenvalue weighted by molar-refractivity contribution is 7.90. The Hall–Kier alpha value is -3.69. The van der Waals surface area contributed by atoms with Crippen molar-refractivity contribution in [1.82, 2.24) is 19.1 Å². The van der Waals surface area contributed by atoms with E-state index in [1.165, 1.54) is 4.90 Å². The van der Waals surface area contributed by atoms with Crippen LogP contribution in [-0.2, 0) is 26.1 Å². The van der Waals surface area contributed by atoms with Crippen molar-refractivity contribution in [2.75, 3.05) is 26.2 Å². The smallest absolute Gasteiger partial charge is 0.444 e. The molecule has 3 N–H and O–H groups in total. The Bertz CT molecular complexity index is 1770. The first-order valence-electron chi connectivity index (χ1n) is 14.8. The highest BCUT2D eigenvalue weighted by Gasteiger charge is 2.50. The Morgan fingerprint density at radius 3 is 2.35 bits per heavy atom. The molecule has 1 aromatic heterocycles. The largest absolute Gasteiger partial charge is 0.511 e. The number of sulfonamides is 1. The number of hydrogen-bond donors (Lipinski definition) is 2. The van der Waals surface area contributed by atoms with Crippen molar-refractivity contribution in [3.05, 3.63) is 59.8 Å². The molecule has 2 saturated heterocycles. The third-order valence-electron chi connectivity index (χ3n) is 8.18. The minimum atomic E-state index is -5.41. The van der Waals surface area contributed by atoms with E-state index in [1.54, 1.807) is 26.8 Å². The van der Waals surface area contributed by atoms with Gasteiger partial charge >= 0.3 is 21.6 Å². The number of rotatable bonds is 7. The molecule has 3 aromatic rings. The summed E-state index contributed by atoms with van der Waals surface area (Å²) in [4.78, 5) is 26.8. The molecule has 46 heavy (non-hydrogen) atoms. The molecular weight excluding hydrogens is 643 g/mol. The number of nitrogens with zero attached hydrogens (tertiary/aromatic N) is 3. The van der Waals surface area contributed by atoms with Crippen LogP contribution in [0.2, 0.25) is 0 Å². The summed E-state index contributed by atoms with van der Waals surface area (Å²) >= 11 is 5.16. The summed E-state index contributed by atoms with van der Waals surface area (Å²) in [5.74, 6) is -0.547. The van der Waals surface area contributed by atoms with E-state index in [0.717, 1.165) is 27.6 Å². The molecule has 2 aliphatic heterocycles. The normalized spacial score (nSPS) is 17.1. The van der Waals surface area contributed by atoms with Gasteiger partial charge in [0.1, 0.15) is 10.6 Å². The highest BCUT2D eigenvalue weighted by atomic mass is 32.2. The van der Waals surface area contributed by atoms with Crippen molar-refractivity contribution in [2.45, 2.75) is 57.3 Å². The minimum Gasteiger partial charge on any atom is -0.444 e. The number of thiocarbonyl (C=S) groups is 1. The first kappa shape index (κ1) is 33.7. The number of alkyl halides is 3. The van der Waals surface area contributed by atoms with Crippen molar-refractivity contribution in [1.29, 1.82) is 0 Å². The van der Waals surface area contributed by atoms with Gasteiger partial charge in [0.2, 0.25) is 5.91 Å². The number of likely N-dealkylation sites (tertiary alicyclic amines) is 1. The molecule has 0 unspecified atom stereocenters. The zero-order valence-electron chi connectivity index (χ0n) is 25.6. The molecule has 0 bridgehead atoms. The van der Waals surface area contributed by atoms with Crippen LogP contribution in [0.25, 0.3) is 22.0 Å². The molecule has 0 aliphatic carbocycles. The second-order valence-corrected chi connectivity index (χ2v) is 15.0. The van der Waals surface area contributed by atoms with Crippen molar-refractivity contribution < 1.29 is 35.9 Å². The highest BCUT2D eigenvalue weighted by Crippen LogP contribution is 2.38. The van der Waals surface area contributed by atoms with Gasteiger partial charge in [0.15, 0.2) is 0 Å². The Balaban J connectivity index is 1.36. The number of carbonyl (C=O) groups is 2. The van der Waals surface area contributed by atoms with Gasteiger partial charge in [-0.15, -0.1) is 0 Å². The summed E-state index contributed by atoms with van der Waals surface area (Å²) in [5.41, 5.74) is 3.85. The van der Waals surface area contributed by atoms with Crippen LogP contribution in [0.15, 0.2) is 48.7 Å². The summed E-state index contributed by atoms with van der Waals surface area (Å²) in [7, 11) is -5.41. The zero-order valence-corrected chi connectivity index (χ0v) is 27.3. The van der Waals surface area contributed by atoms with Crippen molar-refractivity contribution >= 4 is 50.1 Å². The number of aromatic nitrogens is 1. The lowest BCUT2D eigenvalue weighted by Gasteiger charge is -2.38. The Labute approximate surface area is 270 Å². The van der Waals surface area contributed by atoms with Gasteiger partial charge in [-0.25, -0.2) is 13.2 Å². The lowest BCUT2D eigenvalue weighted by Crippen LogP contribution is -2.56. The number of fused-ring (bicyclic) bond motifs is 1. The molecule has 2 aliphatic rings. The number of nitrogens with two attached hydrogens (primary N) is 1. The van der Waals surface area contributed by atoms with Gasteiger partial charge in [0.25, 0.3) is 0 Å². The van der Waals surface area contributed by atoms with Crippen LogP contribution in [0.1, 0.15) is 50.8 Å². The predicted molar refractivity (Wildman–Crippen MR) is 171 cm³/mol. The minimum absolute atomic E-state index is 0.183. The van der Waals surface area contributed by atoms with Gasteiger partial charge in [-0.05, 0) is 56.9 Å². The van der Waals surface area contributed by atoms with E-state index in [9.17, 15) is 31.2 Å². The molecule has 0 radical (unpaired) electrons. The van der Waals surface area contributed by atoms with Crippen LogP contribution < -0.4 is 11.1 Å². The van der Waals surface area contributed by atoms with Crippen LogP contribution in [0.5, 0.6) is 0 Å². The van der Waals surface area contributed by atoms with E-state index < -0.39 is 27.2 Å². The summed E-state index contributed by atoms with van der Waals surface area (Å²) in [6.45, 7) is 5.54. The SMILES string of the molecule is CC(C)(C)OC(=O)N1CC(C(=O)NCc2ccc3c(-c4cccc(C(N)=S)c4)cn(C4CCN(S(=O)(=O)C(F)(F)F)CC4)c3c2)C1. The second kappa shape index (κ2) is 12.5. The monoisotopic (exact) mass is 679 g/mol. The van der Waals surface area contributed by atoms with Crippen LogP contribution >= 0.6 is 12.2 Å². The number of amides is 2. The maximum Gasteiger partial charge on any atom is 0.511 e. The van der Waals surface area contributed by atoms with Crippen LogP contribution in [0.4, 0.5) is 18.0 Å². The Morgan fingerprint density at radius 2 is 1.74 bits per heavy atom. The molecule has 0 atom stereocenters. The average molecular weight is 680 g/mol. The van der Waals surface area contributed by atoms with Crippen LogP contribution in [-0.4, -0.2) is 76.5 Å². The standard InChI is InChI=1S/C31H36F3N5O5S2/c1-30(2,3)44-29(41)37-16-22(17-37)28(40)36-15-19-7-8-24-25(20-5-4-6-21(14-20)27(35)45)18-39(26(24)13-19)23-9-11-38(12-10-23)46(42,43)31(32,33)34/h4-8,13-14,18,22-23H,9-12,15-17H2,1-3H3,(H2,35,45)(H,36,40). The predicted octanol–water partition coefficient (Wildman–Crippen LogP) is 4.91. The molecule has 0 saturated carbocycles. The number of ether oxygens (including phenoxy) is 1. The van der Waals surface area contributed by atoms with E-state index in [-0.39, 0.29) is 68.4 Å². The number of nitrogens with one attached hydrogen (secondary N) is 1. The molecular formula is C31H36F3N5O5S2.